The summed E-state index contributed by atoms with van der Waals surface area (Å²) in [6.07, 6.45) is 5.58. The Kier molecular flexibility index (Phi) is 5.86. The second-order valence-electron chi connectivity index (χ2n) is 9.93. The van der Waals surface area contributed by atoms with Gasteiger partial charge in [-0.25, -0.2) is 14.1 Å². The van der Waals surface area contributed by atoms with Crippen LogP contribution in [0, 0.1) is 5.82 Å². The zero-order valence-electron chi connectivity index (χ0n) is 20.5. The standard InChI is InChI=1S/C27H26ClFN6O3/c1-2-22(37)33-9-7-17-23-19(35(32-17)18-6-5-15(11-21(18)36)14-3-4-14)8-10-34(20(23)13-33)27(38)16-12-31-26(28)24(29)25(16)30/h2,5-6,11-12,14,20,36H,1,3-4,7-10,13H2,(H2,30,31)/t20-/m0/s1. The first-order valence-corrected chi connectivity index (χ1v) is 12.9. The lowest BCUT2D eigenvalue weighted by atomic mass is 9.94. The van der Waals surface area contributed by atoms with Gasteiger partial charge in [0.2, 0.25) is 5.91 Å². The van der Waals surface area contributed by atoms with Gasteiger partial charge in [0, 0.05) is 44.2 Å². The third-order valence-electron chi connectivity index (χ3n) is 7.68. The van der Waals surface area contributed by atoms with Crippen molar-refractivity contribution in [2.45, 2.75) is 37.6 Å². The monoisotopic (exact) mass is 536 g/mol. The molecule has 38 heavy (non-hydrogen) atoms. The fraction of sp³-hybridized carbons (Fsp3) is 0.333. The highest BCUT2D eigenvalue weighted by molar-refractivity contribution is 6.30. The van der Waals surface area contributed by atoms with Crippen LogP contribution in [0.3, 0.4) is 0 Å². The number of benzene rings is 1. The molecule has 1 saturated carbocycles. The van der Waals surface area contributed by atoms with Crippen LogP contribution in [0.15, 0.2) is 37.1 Å². The van der Waals surface area contributed by atoms with Gasteiger partial charge in [-0.05, 0) is 42.5 Å². The van der Waals surface area contributed by atoms with E-state index in [4.69, 9.17) is 22.4 Å². The van der Waals surface area contributed by atoms with Gasteiger partial charge < -0.3 is 20.6 Å². The summed E-state index contributed by atoms with van der Waals surface area (Å²) in [5, 5.41) is 15.4. The fourth-order valence-corrected chi connectivity index (χ4v) is 5.71. The smallest absolute Gasteiger partial charge is 0.258 e. The number of aromatic hydroxyl groups is 1. The number of halogens is 2. The maximum atomic E-state index is 14.4. The summed E-state index contributed by atoms with van der Waals surface area (Å²) in [6, 6.07) is 5.15. The van der Waals surface area contributed by atoms with Crippen LogP contribution < -0.4 is 5.73 Å². The zero-order valence-corrected chi connectivity index (χ0v) is 21.3. The molecule has 2 amide bonds. The number of rotatable bonds is 4. The van der Waals surface area contributed by atoms with Gasteiger partial charge in [0.15, 0.2) is 11.0 Å². The summed E-state index contributed by atoms with van der Waals surface area (Å²) in [7, 11) is 0. The van der Waals surface area contributed by atoms with Gasteiger partial charge in [0.05, 0.1) is 28.7 Å². The highest BCUT2D eigenvalue weighted by atomic mass is 35.5. The summed E-state index contributed by atoms with van der Waals surface area (Å²) >= 11 is 5.75. The molecular weight excluding hydrogens is 511 g/mol. The number of hydrogen-bond donors (Lipinski definition) is 2. The number of nitrogens with zero attached hydrogens (tertiary/aromatic N) is 5. The van der Waals surface area contributed by atoms with Gasteiger partial charge in [-0.15, -0.1) is 0 Å². The first kappa shape index (κ1) is 24.4. The van der Waals surface area contributed by atoms with Crippen LogP contribution in [0.1, 0.15) is 57.7 Å². The van der Waals surface area contributed by atoms with E-state index in [1.54, 1.807) is 20.5 Å². The molecule has 196 valence electrons. The van der Waals surface area contributed by atoms with E-state index in [0.717, 1.165) is 35.4 Å². The number of carbonyl (C=O) groups excluding carboxylic acids is 2. The number of phenols is 1. The third-order valence-corrected chi connectivity index (χ3v) is 7.94. The molecule has 0 radical (unpaired) electrons. The molecule has 6 rings (SSSR count). The maximum Gasteiger partial charge on any atom is 0.258 e. The van der Waals surface area contributed by atoms with Crippen LogP contribution in [-0.2, 0) is 17.6 Å². The Labute approximate surface area is 223 Å². The number of aromatic nitrogens is 3. The van der Waals surface area contributed by atoms with Crippen molar-refractivity contribution in [2.24, 2.45) is 0 Å². The van der Waals surface area contributed by atoms with Crippen LogP contribution in [0.2, 0.25) is 5.15 Å². The number of anilines is 1. The lowest BCUT2D eigenvalue weighted by Crippen LogP contribution is -2.46. The number of amides is 2. The molecule has 1 aromatic carbocycles. The first-order chi connectivity index (χ1) is 18.3. The van der Waals surface area contributed by atoms with E-state index in [1.807, 2.05) is 12.1 Å². The minimum Gasteiger partial charge on any atom is -0.506 e. The highest BCUT2D eigenvalue weighted by Crippen LogP contribution is 2.43. The molecule has 1 fully saturated rings. The number of phenolic OH excluding ortho intramolecular Hbond substituents is 1. The average molecular weight is 537 g/mol. The van der Waals surface area contributed by atoms with E-state index in [2.05, 4.69) is 11.6 Å². The molecule has 0 spiro atoms. The molecule has 0 saturated heterocycles. The second-order valence-corrected chi connectivity index (χ2v) is 10.3. The Bertz CT molecular complexity index is 1500. The molecular formula is C27H26ClFN6O3. The third kappa shape index (κ3) is 3.91. The Morgan fingerprint density at radius 2 is 2.03 bits per heavy atom. The Morgan fingerprint density at radius 1 is 1.24 bits per heavy atom. The molecule has 2 aromatic heterocycles. The number of hydrogen-bond acceptors (Lipinski definition) is 6. The molecule has 1 aliphatic carbocycles. The van der Waals surface area contributed by atoms with Crippen LogP contribution in [-0.4, -0.2) is 61.1 Å². The Morgan fingerprint density at radius 3 is 2.74 bits per heavy atom. The van der Waals surface area contributed by atoms with Crippen molar-refractivity contribution < 1.29 is 19.1 Å². The Hall–Kier alpha value is -3.92. The predicted molar refractivity (Wildman–Crippen MR) is 139 cm³/mol. The second kappa shape index (κ2) is 9.13. The first-order valence-electron chi connectivity index (χ1n) is 12.5. The van der Waals surface area contributed by atoms with Crippen molar-refractivity contribution in [3.8, 4) is 11.4 Å². The van der Waals surface area contributed by atoms with Crippen molar-refractivity contribution in [1.82, 2.24) is 24.6 Å². The summed E-state index contributed by atoms with van der Waals surface area (Å²) in [5.74, 6) is -1.06. The van der Waals surface area contributed by atoms with Gasteiger partial charge in [-0.2, -0.15) is 5.10 Å². The normalized spacial score (nSPS) is 18.6. The van der Waals surface area contributed by atoms with E-state index in [1.165, 1.54) is 12.3 Å². The molecule has 1 atom stereocenters. The van der Waals surface area contributed by atoms with Crippen molar-refractivity contribution in [2.75, 3.05) is 25.4 Å². The van der Waals surface area contributed by atoms with Gasteiger partial charge in [0.25, 0.3) is 5.91 Å². The quantitative estimate of drug-likeness (QED) is 0.389. The molecule has 2 aliphatic heterocycles. The molecule has 11 heteroatoms. The van der Waals surface area contributed by atoms with E-state index in [-0.39, 0.29) is 36.0 Å². The van der Waals surface area contributed by atoms with E-state index in [0.29, 0.717) is 31.0 Å². The van der Waals surface area contributed by atoms with Crippen LogP contribution >= 0.6 is 11.6 Å². The van der Waals surface area contributed by atoms with E-state index in [9.17, 15) is 19.1 Å². The fourth-order valence-electron chi connectivity index (χ4n) is 5.56. The predicted octanol–water partition coefficient (Wildman–Crippen LogP) is 3.54. The minimum atomic E-state index is -0.946. The largest absolute Gasteiger partial charge is 0.506 e. The number of carbonyl (C=O) groups is 2. The van der Waals surface area contributed by atoms with Gasteiger partial charge in [-0.1, -0.05) is 24.2 Å². The lowest BCUT2D eigenvalue weighted by molar-refractivity contribution is -0.126. The molecule has 3 aliphatic rings. The maximum absolute atomic E-state index is 14.4. The van der Waals surface area contributed by atoms with Crippen molar-refractivity contribution in [3.05, 3.63) is 76.1 Å². The Balaban J connectivity index is 1.44. The summed E-state index contributed by atoms with van der Waals surface area (Å²) < 4.78 is 16.2. The summed E-state index contributed by atoms with van der Waals surface area (Å²) in [4.78, 5) is 33.3. The molecule has 3 aromatic rings. The number of nitrogens with two attached hydrogens (primary N) is 1. The average Bonchev–Trinajstić information content (AvgIpc) is 3.72. The van der Waals surface area contributed by atoms with Gasteiger partial charge in [0.1, 0.15) is 11.4 Å². The van der Waals surface area contributed by atoms with Gasteiger partial charge >= 0.3 is 0 Å². The van der Waals surface area contributed by atoms with E-state index < -0.39 is 22.9 Å². The number of nitrogen functional groups attached to an aromatic ring is 1. The number of pyridine rings is 1. The molecule has 0 unspecified atom stereocenters. The van der Waals surface area contributed by atoms with Crippen LogP contribution in [0.25, 0.3) is 5.69 Å². The zero-order chi connectivity index (χ0) is 26.7. The minimum absolute atomic E-state index is 0.0940. The van der Waals surface area contributed by atoms with Crippen molar-refractivity contribution in [1.29, 1.82) is 0 Å². The van der Waals surface area contributed by atoms with Crippen molar-refractivity contribution in [3.63, 3.8) is 0 Å². The molecule has 0 bridgehead atoms. The molecule has 9 nitrogen and oxygen atoms in total. The van der Waals surface area contributed by atoms with Crippen LogP contribution in [0.4, 0.5) is 10.1 Å². The highest BCUT2D eigenvalue weighted by Gasteiger charge is 2.41. The van der Waals surface area contributed by atoms with Crippen molar-refractivity contribution >= 4 is 29.1 Å². The topological polar surface area (TPSA) is 118 Å². The molecule has 4 heterocycles. The lowest BCUT2D eigenvalue weighted by Gasteiger charge is -2.38. The SMILES string of the molecule is C=CC(=O)N1CCc2nn(-c3ccc(C4CC4)cc3O)c3c2[C@H](C1)N(C(=O)c1cnc(Cl)c(F)c1N)CC3. The van der Waals surface area contributed by atoms with E-state index >= 15 is 0 Å². The summed E-state index contributed by atoms with van der Waals surface area (Å²) in [5.41, 5.74) is 9.56. The van der Waals surface area contributed by atoms with Gasteiger partial charge in [-0.3, -0.25) is 9.59 Å². The molecule has 3 N–H and O–H groups in total. The summed E-state index contributed by atoms with van der Waals surface area (Å²) in [6.45, 7) is 4.47. The van der Waals surface area contributed by atoms with Crippen LogP contribution in [0.5, 0.6) is 5.75 Å².